The fourth-order valence-electron chi connectivity index (χ4n) is 4.08. The normalized spacial score (nSPS) is 10.8. The summed E-state index contributed by atoms with van der Waals surface area (Å²) in [6.07, 6.45) is 5.03. The molecule has 32 heavy (non-hydrogen) atoms. The molecule has 0 atom stereocenters. The quantitative estimate of drug-likeness (QED) is 0.257. The van der Waals surface area contributed by atoms with Gasteiger partial charge in [0.2, 0.25) is 0 Å². The van der Waals surface area contributed by atoms with Gasteiger partial charge in [0.25, 0.3) is 0 Å². The minimum Gasteiger partial charge on any atom is -0.311 e. The lowest BCUT2D eigenvalue weighted by Gasteiger charge is -2.26. The van der Waals surface area contributed by atoms with Gasteiger partial charge >= 0.3 is 0 Å². The largest absolute Gasteiger partial charge is 0.311 e. The van der Waals surface area contributed by atoms with Crippen molar-refractivity contribution in [3.63, 3.8) is 0 Å². The second kappa shape index (κ2) is 10.3. The average Bonchev–Trinajstić information content (AvgIpc) is 2.83. The van der Waals surface area contributed by atoms with Crippen molar-refractivity contribution in [1.82, 2.24) is 0 Å². The van der Waals surface area contributed by atoms with Crippen LogP contribution in [0.1, 0.15) is 42.9 Å². The van der Waals surface area contributed by atoms with Gasteiger partial charge in [-0.1, -0.05) is 91.6 Å². The zero-order chi connectivity index (χ0) is 22.3. The van der Waals surface area contributed by atoms with Crippen LogP contribution in [0.2, 0.25) is 0 Å². The molecule has 1 nitrogen and oxygen atoms in total. The van der Waals surface area contributed by atoms with Gasteiger partial charge in [-0.15, -0.1) is 0 Å². The molecule has 4 aromatic carbocycles. The van der Waals surface area contributed by atoms with E-state index in [1.54, 1.807) is 0 Å². The Balaban J connectivity index is 1.60. The van der Waals surface area contributed by atoms with Gasteiger partial charge in [0, 0.05) is 17.1 Å². The van der Waals surface area contributed by atoms with Gasteiger partial charge in [-0.25, -0.2) is 0 Å². The molecular weight excluding hydrogens is 386 g/mol. The zero-order valence-corrected chi connectivity index (χ0v) is 19.5. The Morgan fingerprint density at radius 2 is 0.906 bits per heavy atom. The molecule has 162 valence electrons. The lowest BCUT2D eigenvalue weighted by atomic mass is 10.0. The van der Waals surface area contributed by atoms with Crippen LogP contribution in [0.3, 0.4) is 0 Å². The molecule has 0 fully saturated rings. The maximum atomic E-state index is 2.32. The SMILES string of the molecule is CCCCCc1ccc(-c2ccc(N(c3ccc(C)cc3)c3ccc(C)cc3)cc2)cc1. The molecule has 0 aliphatic heterocycles. The summed E-state index contributed by atoms with van der Waals surface area (Å²) in [6, 6.07) is 35.5. The highest BCUT2D eigenvalue weighted by Gasteiger charge is 2.12. The van der Waals surface area contributed by atoms with Gasteiger partial charge in [-0.3, -0.25) is 0 Å². The standard InChI is InChI=1S/C31H33N/c1-4-5-6-7-26-12-14-27(15-13-26)28-16-22-31(23-17-28)32(29-18-8-24(2)9-19-29)30-20-10-25(3)11-21-30/h8-23H,4-7H2,1-3H3. The molecule has 0 heterocycles. The smallest absolute Gasteiger partial charge is 0.0462 e. The Labute approximate surface area is 193 Å². The molecule has 0 aliphatic rings. The summed E-state index contributed by atoms with van der Waals surface area (Å²) in [6.45, 7) is 6.51. The van der Waals surface area contributed by atoms with Crippen molar-refractivity contribution in [2.75, 3.05) is 4.90 Å². The van der Waals surface area contributed by atoms with Crippen LogP contribution >= 0.6 is 0 Å². The van der Waals surface area contributed by atoms with Crippen LogP contribution in [-0.4, -0.2) is 0 Å². The van der Waals surface area contributed by atoms with Crippen LogP contribution in [0, 0.1) is 13.8 Å². The van der Waals surface area contributed by atoms with E-state index >= 15 is 0 Å². The van der Waals surface area contributed by atoms with E-state index in [0.29, 0.717) is 0 Å². The Hall–Kier alpha value is -3.32. The van der Waals surface area contributed by atoms with Crippen LogP contribution in [-0.2, 0) is 6.42 Å². The molecular formula is C31H33N. The number of hydrogen-bond donors (Lipinski definition) is 0. The van der Waals surface area contributed by atoms with Crippen molar-refractivity contribution in [2.45, 2.75) is 46.5 Å². The van der Waals surface area contributed by atoms with Crippen molar-refractivity contribution >= 4 is 17.1 Å². The minimum atomic E-state index is 1.16. The average molecular weight is 420 g/mol. The molecule has 0 saturated carbocycles. The number of aryl methyl sites for hydroxylation is 3. The highest BCUT2D eigenvalue weighted by atomic mass is 15.1. The zero-order valence-electron chi connectivity index (χ0n) is 19.5. The first-order valence-corrected chi connectivity index (χ1v) is 11.8. The molecule has 0 amide bonds. The second-order valence-corrected chi connectivity index (χ2v) is 8.71. The summed E-state index contributed by atoms with van der Waals surface area (Å²) in [5, 5.41) is 0. The first-order chi connectivity index (χ1) is 15.6. The Bertz CT molecular complexity index is 1060. The first kappa shape index (κ1) is 21.9. The lowest BCUT2D eigenvalue weighted by molar-refractivity contribution is 0.717. The topological polar surface area (TPSA) is 3.24 Å². The summed E-state index contributed by atoms with van der Waals surface area (Å²) in [5.74, 6) is 0. The summed E-state index contributed by atoms with van der Waals surface area (Å²) >= 11 is 0. The van der Waals surface area contributed by atoms with E-state index in [1.807, 2.05) is 0 Å². The fraction of sp³-hybridized carbons (Fsp3) is 0.226. The molecule has 4 aromatic rings. The van der Waals surface area contributed by atoms with Crippen LogP contribution in [0.5, 0.6) is 0 Å². The van der Waals surface area contributed by atoms with Crippen molar-refractivity contribution < 1.29 is 0 Å². The Morgan fingerprint density at radius 3 is 1.34 bits per heavy atom. The van der Waals surface area contributed by atoms with E-state index < -0.39 is 0 Å². The molecule has 0 bridgehead atoms. The maximum Gasteiger partial charge on any atom is 0.0462 e. The van der Waals surface area contributed by atoms with E-state index in [2.05, 4.69) is 123 Å². The minimum absolute atomic E-state index is 1.16. The summed E-state index contributed by atoms with van der Waals surface area (Å²) in [5.41, 5.74) is 10.0. The van der Waals surface area contributed by atoms with Crippen LogP contribution < -0.4 is 4.90 Å². The third kappa shape index (κ3) is 5.29. The van der Waals surface area contributed by atoms with Gasteiger partial charge in [-0.2, -0.15) is 0 Å². The number of nitrogens with zero attached hydrogens (tertiary/aromatic N) is 1. The van der Waals surface area contributed by atoms with E-state index in [-0.39, 0.29) is 0 Å². The third-order valence-corrected chi connectivity index (χ3v) is 6.07. The third-order valence-electron chi connectivity index (χ3n) is 6.07. The van der Waals surface area contributed by atoms with Gasteiger partial charge in [0.15, 0.2) is 0 Å². The first-order valence-electron chi connectivity index (χ1n) is 11.8. The van der Waals surface area contributed by atoms with E-state index in [4.69, 9.17) is 0 Å². The lowest BCUT2D eigenvalue weighted by Crippen LogP contribution is -2.09. The van der Waals surface area contributed by atoms with Gasteiger partial charge in [0.1, 0.15) is 0 Å². The predicted octanol–water partition coefficient (Wildman–Crippen LogP) is 9.17. The number of rotatable bonds is 8. The van der Waals surface area contributed by atoms with E-state index in [1.165, 1.54) is 64.9 Å². The molecule has 1 heteroatoms. The van der Waals surface area contributed by atoms with Gasteiger partial charge in [-0.05, 0) is 79.8 Å². The molecule has 0 saturated heterocycles. The van der Waals surface area contributed by atoms with Crippen molar-refractivity contribution in [3.05, 3.63) is 114 Å². The van der Waals surface area contributed by atoms with Crippen molar-refractivity contribution in [2.24, 2.45) is 0 Å². The molecule has 0 aromatic heterocycles. The van der Waals surface area contributed by atoms with Crippen LogP contribution in [0.25, 0.3) is 11.1 Å². The number of unbranched alkanes of at least 4 members (excludes halogenated alkanes) is 2. The second-order valence-electron chi connectivity index (χ2n) is 8.71. The van der Waals surface area contributed by atoms with E-state index in [9.17, 15) is 0 Å². The van der Waals surface area contributed by atoms with Gasteiger partial charge in [0.05, 0.1) is 0 Å². The molecule has 0 radical (unpaired) electrons. The number of hydrogen-bond acceptors (Lipinski definition) is 1. The molecule has 0 aliphatic carbocycles. The monoisotopic (exact) mass is 419 g/mol. The van der Waals surface area contributed by atoms with Crippen LogP contribution in [0.4, 0.5) is 17.1 Å². The van der Waals surface area contributed by atoms with E-state index in [0.717, 1.165) is 5.69 Å². The van der Waals surface area contributed by atoms with Crippen LogP contribution in [0.15, 0.2) is 97.1 Å². The fourth-order valence-corrected chi connectivity index (χ4v) is 4.08. The maximum absolute atomic E-state index is 2.32. The molecule has 4 rings (SSSR count). The van der Waals surface area contributed by atoms with Gasteiger partial charge < -0.3 is 4.90 Å². The van der Waals surface area contributed by atoms with Crippen molar-refractivity contribution in [1.29, 1.82) is 0 Å². The molecule has 0 N–H and O–H groups in total. The van der Waals surface area contributed by atoms with Crippen molar-refractivity contribution in [3.8, 4) is 11.1 Å². The molecule has 0 unspecified atom stereocenters. The summed E-state index contributed by atoms with van der Waals surface area (Å²) < 4.78 is 0. The number of benzene rings is 4. The highest BCUT2D eigenvalue weighted by Crippen LogP contribution is 2.35. The molecule has 0 spiro atoms. The summed E-state index contributed by atoms with van der Waals surface area (Å²) in [7, 11) is 0. The summed E-state index contributed by atoms with van der Waals surface area (Å²) in [4.78, 5) is 2.32. The highest BCUT2D eigenvalue weighted by molar-refractivity contribution is 5.78. The Kier molecular flexibility index (Phi) is 7.07. The number of anilines is 3. The Morgan fingerprint density at radius 1 is 0.500 bits per heavy atom. The predicted molar refractivity (Wildman–Crippen MR) is 139 cm³/mol.